The number of ether oxygens (including phenoxy) is 1. The molecule has 0 unspecified atom stereocenters. The summed E-state index contributed by atoms with van der Waals surface area (Å²) in [4.78, 5) is 17.1. The van der Waals surface area contributed by atoms with Crippen LogP contribution in [0.3, 0.4) is 0 Å². The summed E-state index contributed by atoms with van der Waals surface area (Å²) in [7, 11) is 1.59. The van der Waals surface area contributed by atoms with Crippen molar-refractivity contribution in [1.29, 1.82) is 0 Å². The van der Waals surface area contributed by atoms with E-state index in [2.05, 4.69) is 29.2 Å². The third-order valence-electron chi connectivity index (χ3n) is 5.68. The molecule has 2 aromatic carbocycles. The molecule has 2 heterocycles. The number of carbonyl (C=O) groups is 1. The van der Waals surface area contributed by atoms with Gasteiger partial charge in [0, 0.05) is 22.5 Å². The van der Waals surface area contributed by atoms with Crippen molar-refractivity contribution >= 4 is 11.6 Å². The standard InChI is InChI=1S/C25H26N4O3/c1-15-16(2)28-29(17(15)3)14-23-18(4)32-25(27-23)20-6-10-21(11-7-20)26-24(30)19-8-12-22(31-5)13-9-19/h6-13H,14H2,1-5H3,(H,26,30). The van der Waals surface area contributed by atoms with Crippen molar-refractivity contribution in [2.24, 2.45) is 0 Å². The van der Waals surface area contributed by atoms with Crippen molar-refractivity contribution in [2.75, 3.05) is 12.4 Å². The lowest BCUT2D eigenvalue weighted by atomic mass is 10.1. The molecular formula is C25H26N4O3. The van der Waals surface area contributed by atoms with Gasteiger partial charge in [-0.25, -0.2) is 4.98 Å². The maximum Gasteiger partial charge on any atom is 0.255 e. The monoisotopic (exact) mass is 430 g/mol. The number of aryl methyl sites for hydroxylation is 2. The molecule has 0 bridgehead atoms. The minimum Gasteiger partial charge on any atom is -0.497 e. The number of aromatic nitrogens is 3. The van der Waals surface area contributed by atoms with Gasteiger partial charge >= 0.3 is 0 Å². The Bertz CT molecular complexity index is 1250. The van der Waals surface area contributed by atoms with Crippen molar-refractivity contribution in [1.82, 2.24) is 14.8 Å². The summed E-state index contributed by atoms with van der Waals surface area (Å²) in [5.41, 5.74) is 6.28. The lowest BCUT2D eigenvalue weighted by Gasteiger charge is -2.06. The molecule has 164 valence electrons. The van der Waals surface area contributed by atoms with E-state index in [0.717, 1.165) is 28.4 Å². The zero-order valence-corrected chi connectivity index (χ0v) is 18.9. The maximum absolute atomic E-state index is 12.5. The number of methoxy groups -OCH3 is 1. The fourth-order valence-corrected chi connectivity index (χ4v) is 3.42. The van der Waals surface area contributed by atoms with Crippen LogP contribution in [0.15, 0.2) is 52.9 Å². The van der Waals surface area contributed by atoms with Gasteiger partial charge in [-0.15, -0.1) is 0 Å². The molecule has 7 nitrogen and oxygen atoms in total. The summed E-state index contributed by atoms with van der Waals surface area (Å²) < 4.78 is 13.0. The average Bonchev–Trinajstić information content (AvgIpc) is 3.28. The fraction of sp³-hybridized carbons (Fsp3) is 0.240. The van der Waals surface area contributed by atoms with Crippen LogP contribution in [0.1, 0.15) is 38.8 Å². The summed E-state index contributed by atoms with van der Waals surface area (Å²) >= 11 is 0. The van der Waals surface area contributed by atoms with Crippen LogP contribution in [-0.4, -0.2) is 27.8 Å². The highest BCUT2D eigenvalue weighted by Crippen LogP contribution is 2.25. The predicted octanol–water partition coefficient (Wildman–Crippen LogP) is 5.08. The molecule has 0 atom stereocenters. The molecule has 0 aliphatic heterocycles. The van der Waals surface area contributed by atoms with Crippen LogP contribution in [-0.2, 0) is 6.54 Å². The van der Waals surface area contributed by atoms with Crippen LogP contribution in [0.5, 0.6) is 5.75 Å². The molecular weight excluding hydrogens is 404 g/mol. The van der Waals surface area contributed by atoms with E-state index >= 15 is 0 Å². The third kappa shape index (κ3) is 4.27. The van der Waals surface area contributed by atoms with Gasteiger partial charge in [0.05, 0.1) is 19.3 Å². The van der Waals surface area contributed by atoms with E-state index in [1.807, 2.05) is 42.8 Å². The molecule has 7 heteroatoms. The summed E-state index contributed by atoms with van der Waals surface area (Å²) in [5, 5.41) is 7.48. The van der Waals surface area contributed by atoms with Gasteiger partial charge < -0.3 is 14.5 Å². The highest BCUT2D eigenvalue weighted by Gasteiger charge is 2.15. The number of nitrogens with zero attached hydrogens (tertiary/aromatic N) is 3. The molecule has 0 saturated carbocycles. The minimum atomic E-state index is -0.185. The maximum atomic E-state index is 12.5. The topological polar surface area (TPSA) is 82.2 Å². The first-order valence-corrected chi connectivity index (χ1v) is 10.4. The van der Waals surface area contributed by atoms with Crippen molar-refractivity contribution < 1.29 is 13.9 Å². The Hall–Kier alpha value is -3.87. The molecule has 0 spiro atoms. The van der Waals surface area contributed by atoms with Crippen LogP contribution in [0, 0.1) is 27.7 Å². The summed E-state index contributed by atoms with van der Waals surface area (Å²) in [6.07, 6.45) is 0. The second kappa shape index (κ2) is 8.70. The van der Waals surface area contributed by atoms with Gasteiger partial charge in [-0.05, 0) is 81.8 Å². The Morgan fingerprint density at radius 1 is 1.03 bits per heavy atom. The van der Waals surface area contributed by atoms with Crippen LogP contribution < -0.4 is 10.1 Å². The normalized spacial score (nSPS) is 10.9. The first-order chi connectivity index (χ1) is 15.4. The van der Waals surface area contributed by atoms with Gasteiger partial charge in [0.2, 0.25) is 5.89 Å². The molecule has 0 radical (unpaired) electrons. The summed E-state index contributed by atoms with van der Waals surface area (Å²) in [6, 6.07) is 14.4. The van der Waals surface area contributed by atoms with Crippen LogP contribution >= 0.6 is 0 Å². The highest BCUT2D eigenvalue weighted by molar-refractivity contribution is 6.04. The summed E-state index contributed by atoms with van der Waals surface area (Å²) in [6.45, 7) is 8.61. The molecule has 1 N–H and O–H groups in total. The molecule has 0 aliphatic rings. The van der Waals surface area contributed by atoms with Crippen molar-refractivity contribution in [3.63, 3.8) is 0 Å². The number of carbonyl (C=O) groups excluding carboxylic acids is 1. The number of rotatable bonds is 6. The molecule has 4 rings (SSSR count). The zero-order valence-electron chi connectivity index (χ0n) is 18.9. The smallest absolute Gasteiger partial charge is 0.255 e. The number of benzene rings is 2. The Morgan fingerprint density at radius 3 is 2.31 bits per heavy atom. The first kappa shape index (κ1) is 21.4. The lowest BCUT2D eigenvalue weighted by Crippen LogP contribution is -2.11. The van der Waals surface area contributed by atoms with Crippen molar-refractivity contribution in [3.05, 3.63) is 82.5 Å². The lowest BCUT2D eigenvalue weighted by molar-refractivity contribution is 0.102. The van der Waals surface area contributed by atoms with E-state index in [1.165, 1.54) is 5.56 Å². The quantitative estimate of drug-likeness (QED) is 0.461. The first-order valence-electron chi connectivity index (χ1n) is 10.4. The van der Waals surface area contributed by atoms with Gasteiger partial charge in [0.1, 0.15) is 17.2 Å². The molecule has 1 amide bonds. The van der Waals surface area contributed by atoms with Crippen LogP contribution in [0.4, 0.5) is 5.69 Å². The van der Waals surface area contributed by atoms with E-state index in [9.17, 15) is 4.79 Å². The van der Waals surface area contributed by atoms with Gasteiger partial charge in [-0.3, -0.25) is 9.48 Å². The van der Waals surface area contributed by atoms with E-state index in [1.54, 1.807) is 31.4 Å². The fourth-order valence-electron chi connectivity index (χ4n) is 3.42. The Labute approximate surface area is 187 Å². The van der Waals surface area contributed by atoms with Crippen molar-refractivity contribution in [3.8, 4) is 17.2 Å². The second-order valence-electron chi connectivity index (χ2n) is 7.74. The van der Waals surface area contributed by atoms with Crippen LogP contribution in [0.2, 0.25) is 0 Å². The number of hydrogen-bond donors (Lipinski definition) is 1. The second-order valence-corrected chi connectivity index (χ2v) is 7.74. The number of nitrogens with one attached hydrogen (secondary N) is 1. The molecule has 0 saturated heterocycles. The minimum absolute atomic E-state index is 0.185. The largest absolute Gasteiger partial charge is 0.497 e. The highest BCUT2D eigenvalue weighted by atomic mass is 16.5. The molecule has 0 aliphatic carbocycles. The number of anilines is 1. The number of hydrogen-bond acceptors (Lipinski definition) is 5. The summed E-state index contributed by atoms with van der Waals surface area (Å²) in [5.74, 6) is 1.83. The Kier molecular flexibility index (Phi) is 5.81. The zero-order chi connectivity index (χ0) is 22.8. The third-order valence-corrected chi connectivity index (χ3v) is 5.68. The predicted molar refractivity (Wildman–Crippen MR) is 123 cm³/mol. The van der Waals surface area contributed by atoms with E-state index < -0.39 is 0 Å². The molecule has 2 aromatic heterocycles. The SMILES string of the molecule is COc1ccc(C(=O)Nc2ccc(-c3nc(Cn4nc(C)c(C)c4C)c(C)o3)cc2)cc1. The average molecular weight is 431 g/mol. The van der Waals surface area contributed by atoms with E-state index in [4.69, 9.17) is 9.15 Å². The van der Waals surface area contributed by atoms with E-state index in [0.29, 0.717) is 29.4 Å². The van der Waals surface area contributed by atoms with Gasteiger partial charge in [0.25, 0.3) is 5.91 Å². The van der Waals surface area contributed by atoms with Gasteiger partial charge in [0.15, 0.2) is 0 Å². The molecule has 32 heavy (non-hydrogen) atoms. The Morgan fingerprint density at radius 2 is 1.72 bits per heavy atom. The Balaban J connectivity index is 1.47. The molecule has 4 aromatic rings. The van der Waals surface area contributed by atoms with Gasteiger partial charge in [-0.1, -0.05) is 0 Å². The molecule has 0 fully saturated rings. The van der Waals surface area contributed by atoms with E-state index in [-0.39, 0.29) is 5.91 Å². The van der Waals surface area contributed by atoms with Crippen molar-refractivity contribution in [2.45, 2.75) is 34.2 Å². The number of amides is 1. The van der Waals surface area contributed by atoms with Gasteiger partial charge in [-0.2, -0.15) is 5.10 Å². The van der Waals surface area contributed by atoms with Crippen LogP contribution in [0.25, 0.3) is 11.5 Å². The number of oxazole rings is 1.